The van der Waals surface area contributed by atoms with E-state index >= 15 is 0 Å². The molecule has 0 aromatic carbocycles. The molecule has 3 heteroatoms. The summed E-state index contributed by atoms with van der Waals surface area (Å²) in [6, 6.07) is 0. The van der Waals surface area contributed by atoms with E-state index in [-0.39, 0.29) is 0 Å². The Morgan fingerprint density at radius 1 is 1.38 bits per heavy atom. The number of nitrogens with one attached hydrogen (secondary N) is 1. The van der Waals surface area contributed by atoms with Crippen molar-refractivity contribution in [3.8, 4) is 0 Å². The Hall–Kier alpha value is 0.270. The number of piperidine rings is 1. The quantitative estimate of drug-likeness (QED) is 0.814. The van der Waals surface area contributed by atoms with Crippen molar-refractivity contribution >= 4 is 11.8 Å². The highest BCUT2D eigenvalue weighted by Gasteiger charge is 2.29. The van der Waals surface area contributed by atoms with Gasteiger partial charge in [-0.3, -0.25) is 0 Å². The largest absolute Gasteiger partial charge is 0.315 e. The standard InChI is InChI=1S/C13H26N2S/c1-13(6-3-9-16-13)11-14-10-12-4-7-15(2)8-5-12/h12,14H,3-11H2,1-2H3. The summed E-state index contributed by atoms with van der Waals surface area (Å²) in [5.74, 6) is 2.29. The molecule has 0 aliphatic carbocycles. The molecule has 94 valence electrons. The SMILES string of the molecule is CN1CCC(CNCC2(C)CCCS2)CC1. The van der Waals surface area contributed by atoms with Gasteiger partial charge in [0.2, 0.25) is 0 Å². The van der Waals surface area contributed by atoms with Crippen LogP contribution in [0.3, 0.4) is 0 Å². The number of hydrogen-bond acceptors (Lipinski definition) is 3. The molecule has 2 heterocycles. The van der Waals surface area contributed by atoms with Gasteiger partial charge in [-0.05, 0) is 71.0 Å². The van der Waals surface area contributed by atoms with Gasteiger partial charge in [0.25, 0.3) is 0 Å². The van der Waals surface area contributed by atoms with Crippen molar-refractivity contribution in [1.82, 2.24) is 10.2 Å². The maximum Gasteiger partial charge on any atom is 0.0256 e. The first-order valence-electron chi connectivity index (χ1n) is 6.71. The van der Waals surface area contributed by atoms with Crippen molar-refractivity contribution in [3.63, 3.8) is 0 Å². The number of likely N-dealkylation sites (tertiary alicyclic amines) is 1. The normalized spacial score (nSPS) is 33.4. The zero-order valence-corrected chi connectivity index (χ0v) is 11.6. The van der Waals surface area contributed by atoms with E-state index in [1.54, 1.807) is 0 Å². The van der Waals surface area contributed by atoms with E-state index in [4.69, 9.17) is 0 Å². The lowest BCUT2D eigenvalue weighted by molar-refractivity contribution is 0.215. The minimum atomic E-state index is 0.533. The average Bonchev–Trinajstić information content (AvgIpc) is 2.69. The van der Waals surface area contributed by atoms with Crippen LogP contribution < -0.4 is 5.32 Å². The summed E-state index contributed by atoms with van der Waals surface area (Å²) < 4.78 is 0.533. The Labute approximate surface area is 105 Å². The molecule has 2 rings (SSSR count). The third-order valence-electron chi connectivity index (χ3n) is 4.07. The Kier molecular flexibility index (Phi) is 4.57. The van der Waals surface area contributed by atoms with Gasteiger partial charge in [0.1, 0.15) is 0 Å². The van der Waals surface area contributed by atoms with Crippen LogP contribution in [0.1, 0.15) is 32.6 Å². The average molecular weight is 242 g/mol. The fourth-order valence-electron chi connectivity index (χ4n) is 2.78. The molecule has 0 amide bonds. The van der Waals surface area contributed by atoms with Crippen molar-refractivity contribution in [2.75, 3.05) is 39.0 Å². The first kappa shape index (κ1) is 12.7. The van der Waals surface area contributed by atoms with Crippen molar-refractivity contribution in [2.45, 2.75) is 37.4 Å². The molecule has 0 spiro atoms. The van der Waals surface area contributed by atoms with Crippen LogP contribution in [0.25, 0.3) is 0 Å². The minimum Gasteiger partial charge on any atom is -0.315 e. The Balaban J connectivity index is 1.61. The Bertz CT molecular complexity index is 206. The third-order valence-corrected chi connectivity index (χ3v) is 5.61. The number of thioether (sulfide) groups is 1. The molecule has 0 aromatic rings. The fraction of sp³-hybridized carbons (Fsp3) is 1.00. The van der Waals surface area contributed by atoms with E-state index in [1.165, 1.54) is 57.6 Å². The molecule has 1 atom stereocenters. The Morgan fingerprint density at radius 2 is 2.12 bits per heavy atom. The summed E-state index contributed by atoms with van der Waals surface area (Å²) in [5, 5.41) is 3.71. The van der Waals surface area contributed by atoms with Crippen LogP contribution in [0.4, 0.5) is 0 Å². The molecule has 0 bridgehead atoms. The van der Waals surface area contributed by atoms with Crippen LogP contribution >= 0.6 is 11.8 Å². The van der Waals surface area contributed by atoms with Gasteiger partial charge < -0.3 is 10.2 Å². The molecular formula is C13H26N2S. The smallest absolute Gasteiger partial charge is 0.0256 e. The van der Waals surface area contributed by atoms with Crippen LogP contribution in [0, 0.1) is 5.92 Å². The van der Waals surface area contributed by atoms with Gasteiger partial charge in [-0.2, -0.15) is 11.8 Å². The lowest BCUT2D eigenvalue weighted by Crippen LogP contribution is -2.39. The van der Waals surface area contributed by atoms with Gasteiger partial charge in [0.15, 0.2) is 0 Å². The zero-order valence-electron chi connectivity index (χ0n) is 10.8. The summed E-state index contributed by atoms with van der Waals surface area (Å²) in [7, 11) is 2.24. The molecule has 0 radical (unpaired) electrons. The van der Waals surface area contributed by atoms with E-state index in [0.717, 1.165) is 5.92 Å². The minimum absolute atomic E-state index is 0.533. The monoisotopic (exact) mass is 242 g/mol. The predicted molar refractivity (Wildman–Crippen MR) is 73.2 cm³/mol. The van der Waals surface area contributed by atoms with Crippen LogP contribution in [0.15, 0.2) is 0 Å². The lowest BCUT2D eigenvalue weighted by atomic mass is 9.97. The molecule has 2 nitrogen and oxygen atoms in total. The summed E-state index contributed by atoms with van der Waals surface area (Å²) in [6.07, 6.45) is 5.58. The topological polar surface area (TPSA) is 15.3 Å². The molecule has 1 N–H and O–H groups in total. The number of nitrogens with zero attached hydrogens (tertiary/aromatic N) is 1. The lowest BCUT2D eigenvalue weighted by Gasteiger charge is -2.30. The van der Waals surface area contributed by atoms with E-state index in [0.29, 0.717) is 4.75 Å². The number of hydrogen-bond donors (Lipinski definition) is 1. The maximum atomic E-state index is 3.71. The molecule has 1 unspecified atom stereocenters. The van der Waals surface area contributed by atoms with Crippen molar-refractivity contribution in [2.24, 2.45) is 5.92 Å². The zero-order chi connectivity index (χ0) is 11.4. The van der Waals surface area contributed by atoms with Gasteiger partial charge in [-0.1, -0.05) is 0 Å². The van der Waals surface area contributed by atoms with E-state index in [1.807, 2.05) is 0 Å². The first-order valence-corrected chi connectivity index (χ1v) is 7.70. The highest BCUT2D eigenvalue weighted by Crippen LogP contribution is 2.36. The molecular weight excluding hydrogens is 216 g/mol. The van der Waals surface area contributed by atoms with Crippen LogP contribution in [-0.2, 0) is 0 Å². The van der Waals surface area contributed by atoms with E-state index < -0.39 is 0 Å². The molecule has 0 aromatic heterocycles. The second-order valence-corrected chi connectivity index (χ2v) is 7.46. The van der Waals surface area contributed by atoms with Crippen molar-refractivity contribution < 1.29 is 0 Å². The van der Waals surface area contributed by atoms with Crippen LogP contribution in [0.5, 0.6) is 0 Å². The molecule has 16 heavy (non-hydrogen) atoms. The van der Waals surface area contributed by atoms with E-state index in [9.17, 15) is 0 Å². The Morgan fingerprint density at radius 3 is 2.75 bits per heavy atom. The highest BCUT2D eigenvalue weighted by atomic mass is 32.2. The molecule has 2 saturated heterocycles. The van der Waals surface area contributed by atoms with Crippen LogP contribution in [0.2, 0.25) is 0 Å². The molecule has 2 fully saturated rings. The molecule has 2 aliphatic rings. The van der Waals surface area contributed by atoms with Crippen molar-refractivity contribution in [3.05, 3.63) is 0 Å². The maximum absolute atomic E-state index is 3.71. The van der Waals surface area contributed by atoms with Gasteiger partial charge >= 0.3 is 0 Å². The third kappa shape index (κ3) is 3.64. The van der Waals surface area contributed by atoms with E-state index in [2.05, 4.69) is 35.9 Å². The summed E-state index contributed by atoms with van der Waals surface area (Å²) >= 11 is 2.16. The van der Waals surface area contributed by atoms with Crippen LogP contribution in [-0.4, -0.2) is 48.6 Å². The second-order valence-electron chi connectivity index (χ2n) is 5.78. The molecule has 0 saturated carbocycles. The molecule has 2 aliphatic heterocycles. The summed E-state index contributed by atoms with van der Waals surface area (Å²) in [5.41, 5.74) is 0. The second kappa shape index (κ2) is 5.74. The van der Waals surface area contributed by atoms with Gasteiger partial charge in [0, 0.05) is 11.3 Å². The van der Waals surface area contributed by atoms with Gasteiger partial charge in [-0.25, -0.2) is 0 Å². The summed E-state index contributed by atoms with van der Waals surface area (Å²) in [4.78, 5) is 2.45. The first-order chi connectivity index (χ1) is 7.68. The number of rotatable bonds is 4. The van der Waals surface area contributed by atoms with Gasteiger partial charge in [-0.15, -0.1) is 0 Å². The summed E-state index contributed by atoms with van der Waals surface area (Å²) in [6.45, 7) is 7.46. The predicted octanol–water partition coefficient (Wildman–Crippen LogP) is 2.20. The van der Waals surface area contributed by atoms with Gasteiger partial charge in [0.05, 0.1) is 0 Å². The van der Waals surface area contributed by atoms with Crippen molar-refractivity contribution in [1.29, 1.82) is 0 Å². The highest BCUT2D eigenvalue weighted by molar-refractivity contribution is 8.00. The fourth-order valence-corrected chi connectivity index (χ4v) is 4.06.